The van der Waals surface area contributed by atoms with E-state index in [-0.39, 0.29) is 12.2 Å². The summed E-state index contributed by atoms with van der Waals surface area (Å²) in [5.41, 5.74) is 0. The van der Waals surface area contributed by atoms with Gasteiger partial charge in [0, 0.05) is 7.11 Å². The Kier molecular flexibility index (Phi) is 6.29. The molecule has 0 aliphatic heterocycles. The minimum atomic E-state index is -0.535. The monoisotopic (exact) mass is 190 g/mol. The lowest BCUT2D eigenvalue weighted by Crippen LogP contribution is -2.36. The lowest BCUT2D eigenvalue weighted by atomic mass is 10.0. The summed E-state index contributed by atoms with van der Waals surface area (Å²) in [7, 11) is 1.61. The van der Waals surface area contributed by atoms with E-state index in [0.29, 0.717) is 12.5 Å². The first-order chi connectivity index (χ1) is 5.99. The second-order valence-corrected chi connectivity index (χ2v) is 3.89. The van der Waals surface area contributed by atoms with E-state index in [1.165, 1.54) is 0 Å². The van der Waals surface area contributed by atoms with Crippen molar-refractivity contribution in [3.8, 4) is 0 Å². The van der Waals surface area contributed by atoms with Gasteiger partial charge in [-0.25, -0.2) is 0 Å². The van der Waals surface area contributed by atoms with Gasteiger partial charge >= 0.3 is 0 Å². The SMILES string of the molecule is COC(C(C)C)C(O)COC(C)C. The molecule has 2 atom stereocenters. The fourth-order valence-electron chi connectivity index (χ4n) is 1.26. The van der Waals surface area contributed by atoms with Crippen LogP contribution in [0.5, 0.6) is 0 Å². The zero-order valence-electron chi connectivity index (χ0n) is 9.28. The number of aliphatic hydroxyl groups is 1. The molecule has 80 valence electrons. The molecule has 0 rings (SSSR count). The molecule has 3 heteroatoms. The van der Waals surface area contributed by atoms with Crippen LogP contribution in [0.3, 0.4) is 0 Å². The van der Waals surface area contributed by atoms with Gasteiger partial charge in [0.05, 0.1) is 18.8 Å². The zero-order valence-corrected chi connectivity index (χ0v) is 9.28. The van der Waals surface area contributed by atoms with E-state index in [1.807, 2.05) is 27.7 Å². The summed E-state index contributed by atoms with van der Waals surface area (Å²) in [6.07, 6.45) is -0.523. The molecule has 0 amide bonds. The van der Waals surface area contributed by atoms with Crippen LogP contribution in [-0.4, -0.2) is 37.1 Å². The molecule has 0 aliphatic rings. The van der Waals surface area contributed by atoms with Gasteiger partial charge in [-0.1, -0.05) is 13.8 Å². The maximum absolute atomic E-state index is 9.68. The van der Waals surface area contributed by atoms with E-state index in [0.717, 1.165) is 0 Å². The third-order valence-corrected chi connectivity index (χ3v) is 1.91. The molecule has 2 unspecified atom stereocenters. The first kappa shape index (κ1) is 12.9. The molecule has 0 bridgehead atoms. The molecule has 0 fully saturated rings. The smallest absolute Gasteiger partial charge is 0.104 e. The first-order valence-corrected chi connectivity index (χ1v) is 4.81. The summed E-state index contributed by atoms with van der Waals surface area (Å²) in [5, 5.41) is 9.68. The van der Waals surface area contributed by atoms with Crippen molar-refractivity contribution in [2.75, 3.05) is 13.7 Å². The fourth-order valence-corrected chi connectivity index (χ4v) is 1.26. The Bertz CT molecular complexity index is 123. The highest BCUT2D eigenvalue weighted by atomic mass is 16.5. The van der Waals surface area contributed by atoms with Crippen LogP contribution in [0.1, 0.15) is 27.7 Å². The van der Waals surface area contributed by atoms with Gasteiger partial charge in [0.25, 0.3) is 0 Å². The van der Waals surface area contributed by atoms with Crippen molar-refractivity contribution in [1.29, 1.82) is 0 Å². The van der Waals surface area contributed by atoms with Gasteiger partial charge in [0.2, 0.25) is 0 Å². The van der Waals surface area contributed by atoms with E-state index in [4.69, 9.17) is 9.47 Å². The molecule has 0 aromatic carbocycles. The Balaban J connectivity index is 3.84. The number of hydrogen-bond donors (Lipinski definition) is 1. The molecule has 3 nitrogen and oxygen atoms in total. The Hall–Kier alpha value is -0.120. The summed E-state index contributed by atoms with van der Waals surface area (Å²) in [6.45, 7) is 8.28. The standard InChI is InChI=1S/C10H22O3/c1-7(2)10(12-5)9(11)6-13-8(3)4/h7-11H,6H2,1-5H3. The van der Waals surface area contributed by atoms with E-state index in [1.54, 1.807) is 7.11 Å². The van der Waals surface area contributed by atoms with Gasteiger partial charge in [0.1, 0.15) is 6.10 Å². The van der Waals surface area contributed by atoms with Crippen molar-refractivity contribution in [1.82, 2.24) is 0 Å². The number of methoxy groups -OCH3 is 1. The molecule has 0 spiro atoms. The molecule has 0 radical (unpaired) electrons. The second kappa shape index (κ2) is 6.35. The van der Waals surface area contributed by atoms with Gasteiger partial charge in [-0.2, -0.15) is 0 Å². The van der Waals surface area contributed by atoms with Gasteiger partial charge in [-0.3, -0.25) is 0 Å². The van der Waals surface area contributed by atoms with Crippen LogP contribution in [0.2, 0.25) is 0 Å². The minimum absolute atomic E-state index is 0.140. The number of hydrogen-bond acceptors (Lipinski definition) is 3. The molecule has 0 aromatic heterocycles. The average Bonchev–Trinajstić information content (AvgIpc) is 2.01. The predicted octanol–water partition coefficient (Wildman–Crippen LogP) is 1.44. The Morgan fingerprint density at radius 2 is 1.69 bits per heavy atom. The zero-order chi connectivity index (χ0) is 10.4. The van der Waals surface area contributed by atoms with Crippen molar-refractivity contribution < 1.29 is 14.6 Å². The molecule has 13 heavy (non-hydrogen) atoms. The van der Waals surface area contributed by atoms with Crippen LogP contribution in [0.15, 0.2) is 0 Å². The molecular weight excluding hydrogens is 168 g/mol. The van der Waals surface area contributed by atoms with Gasteiger partial charge < -0.3 is 14.6 Å². The Labute approximate surface area is 81.0 Å². The van der Waals surface area contributed by atoms with Crippen molar-refractivity contribution in [2.24, 2.45) is 5.92 Å². The van der Waals surface area contributed by atoms with Crippen LogP contribution in [-0.2, 0) is 9.47 Å². The van der Waals surface area contributed by atoms with Gasteiger partial charge in [0.15, 0.2) is 0 Å². The molecule has 1 N–H and O–H groups in total. The van der Waals surface area contributed by atoms with Crippen molar-refractivity contribution in [3.05, 3.63) is 0 Å². The maximum atomic E-state index is 9.68. The largest absolute Gasteiger partial charge is 0.388 e. The van der Waals surface area contributed by atoms with Crippen molar-refractivity contribution >= 4 is 0 Å². The van der Waals surface area contributed by atoms with E-state index in [2.05, 4.69) is 0 Å². The number of aliphatic hydroxyl groups excluding tert-OH is 1. The van der Waals surface area contributed by atoms with Crippen molar-refractivity contribution in [3.63, 3.8) is 0 Å². The van der Waals surface area contributed by atoms with Crippen LogP contribution < -0.4 is 0 Å². The highest BCUT2D eigenvalue weighted by Gasteiger charge is 2.22. The summed E-state index contributed by atoms with van der Waals surface area (Å²) in [4.78, 5) is 0. The van der Waals surface area contributed by atoms with E-state index >= 15 is 0 Å². The van der Waals surface area contributed by atoms with Crippen LogP contribution in [0.25, 0.3) is 0 Å². The van der Waals surface area contributed by atoms with Crippen molar-refractivity contribution in [2.45, 2.75) is 46.0 Å². The minimum Gasteiger partial charge on any atom is -0.388 e. The first-order valence-electron chi connectivity index (χ1n) is 4.81. The average molecular weight is 190 g/mol. The Morgan fingerprint density at radius 3 is 2.00 bits per heavy atom. The summed E-state index contributed by atoms with van der Waals surface area (Å²) in [5.74, 6) is 0.302. The highest BCUT2D eigenvalue weighted by molar-refractivity contribution is 4.71. The summed E-state index contributed by atoms with van der Waals surface area (Å²) < 4.78 is 10.5. The quantitative estimate of drug-likeness (QED) is 0.689. The molecule has 0 heterocycles. The van der Waals surface area contributed by atoms with Crippen LogP contribution >= 0.6 is 0 Å². The molecule has 0 aliphatic carbocycles. The topological polar surface area (TPSA) is 38.7 Å². The lowest BCUT2D eigenvalue weighted by molar-refractivity contribution is -0.0835. The Morgan fingerprint density at radius 1 is 1.15 bits per heavy atom. The lowest BCUT2D eigenvalue weighted by Gasteiger charge is -2.25. The number of ether oxygens (including phenoxy) is 2. The van der Waals surface area contributed by atoms with Crippen LogP contribution in [0, 0.1) is 5.92 Å². The second-order valence-electron chi connectivity index (χ2n) is 3.89. The normalized spacial score (nSPS) is 16.6. The third kappa shape index (κ3) is 5.24. The summed E-state index contributed by atoms with van der Waals surface area (Å²) in [6, 6.07) is 0. The summed E-state index contributed by atoms with van der Waals surface area (Å²) >= 11 is 0. The van der Waals surface area contributed by atoms with E-state index < -0.39 is 6.10 Å². The third-order valence-electron chi connectivity index (χ3n) is 1.91. The van der Waals surface area contributed by atoms with Gasteiger partial charge in [-0.05, 0) is 19.8 Å². The maximum Gasteiger partial charge on any atom is 0.104 e. The fraction of sp³-hybridized carbons (Fsp3) is 1.00. The molecule has 0 saturated heterocycles. The molecular formula is C10H22O3. The highest BCUT2D eigenvalue weighted by Crippen LogP contribution is 2.11. The van der Waals surface area contributed by atoms with E-state index in [9.17, 15) is 5.11 Å². The van der Waals surface area contributed by atoms with Gasteiger partial charge in [-0.15, -0.1) is 0 Å². The van der Waals surface area contributed by atoms with Crippen LogP contribution in [0.4, 0.5) is 0 Å². The molecule has 0 aromatic rings. The number of rotatable bonds is 6. The molecule has 0 saturated carbocycles. The predicted molar refractivity (Wildman–Crippen MR) is 52.7 cm³/mol.